The standard InChI is InChI=1S/C27H33NO5/c1-19(22-7-5-4-6-8-22)9-14-32-27-25-23(10-15-31-25)20(2)24(21(3)29)26(27)33-18-13-28-11-16-30-17-12-28/h4-8,10,15,19H,9,11-14,16-18H2,1-3H3. The first-order valence-corrected chi connectivity index (χ1v) is 11.7. The molecule has 0 radical (unpaired) electrons. The summed E-state index contributed by atoms with van der Waals surface area (Å²) in [5.74, 6) is 1.32. The number of hydrogen-bond acceptors (Lipinski definition) is 6. The van der Waals surface area contributed by atoms with Crippen molar-refractivity contribution < 1.29 is 23.4 Å². The molecule has 0 saturated carbocycles. The summed E-state index contributed by atoms with van der Waals surface area (Å²) >= 11 is 0. The third-order valence-electron chi connectivity index (χ3n) is 6.36. The summed E-state index contributed by atoms with van der Waals surface area (Å²) in [6.45, 7) is 10.7. The molecule has 1 unspecified atom stereocenters. The quantitative estimate of drug-likeness (QED) is 0.394. The molecule has 0 aliphatic carbocycles. The fourth-order valence-corrected chi connectivity index (χ4v) is 4.38. The van der Waals surface area contributed by atoms with Gasteiger partial charge in [0.2, 0.25) is 5.75 Å². The molecule has 4 rings (SSSR count). The Morgan fingerprint density at radius 3 is 2.52 bits per heavy atom. The summed E-state index contributed by atoms with van der Waals surface area (Å²) in [4.78, 5) is 14.9. The van der Waals surface area contributed by atoms with Gasteiger partial charge in [0.25, 0.3) is 0 Å². The number of nitrogens with zero attached hydrogens (tertiary/aromatic N) is 1. The monoisotopic (exact) mass is 451 g/mol. The highest BCUT2D eigenvalue weighted by Crippen LogP contribution is 2.43. The minimum Gasteiger partial charge on any atom is -0.487 e. The van der Waals surface area contributed by atoms with E-state index in [2.05, 4.69) is 36.1 Å². The zero-order valence-electron chi connectivity index (χ0n) is 19.8. The molecule has 1 aliphatic heterocycles. The Hall–Kier alpha value is -2.83. The van der Waals surface area contributed by atoms with Crippen LogP contribution in [0.15, 0.2) is 47.1 Å². The molecule has 2 aromatic carbocycles. The summed E-state index contributed by atoms with van der Waals surface area (Å²) in [5.41, 5.74) is 3.33. The largest absolute Gasteiger partial charge is 0.487 e. The molecule has 0 bridgehead atoms. The highest BCUT2D eigenvalue weighted by atomic mass is 16.5. The number of ether oxygens (including phenoxy) is 3. The van der Waals surface area contributed by atoms with Crippen LogP contribution in [-0.4, -0.2) is 56.7 Å². The first-order valence-electron chi connectivity index (χ1n) is 11.7. The van der Waals surface area contributed by atoms with Gasteiger partial charge in [-0.1, -0.05) is 37.3 Å². The average molecular weight is 452 g/mol. The van der Waals surface area contributed by atoms with Gasteiger partial charge >= 0.3 is 0 Å². The zero-order valence-corrected chi connectivity index (χ0v) is 19.8. The van der Waals surface area contributed by atoms with Crippen molar-refractivity contribution in [3.63, 3.8) is 0 Å². The number of benzene rings is 2. The predicted molar refractivity (Wildman–Crippen MR) is 129 cm³/mol. The van der Waals surface area contributed by atoms with Gasteiger partial charge in [0.1, 0.15) is 6.61 Å². The summed E-state index contributed by atoms with van der Waals surface area (Å²) < 4.78 is 23.8. The topological polar surface area (TPSA) is 61.1 Å². The number of ketones is 1. The third kappa shape index (κ3) is 5.40. The molecule has 2 heterocycles. The molecule has 0 spiro atoms. The molecule has 6 heteroatoms. The minimum absolute atomic E-state index is 0.0422. The second kappa shape index (κ2) is 10.9. The van der Waals surface area contributed by atoms with Gasteiger partial charge in [0.15, 0.2) is 17.1 Å². The van der Waals surface area contributed by atoms with Gasteiger partial charge in [0, 0.05) is 25.0 Å². The van der Waals surface area contributed by atoms with E-state index in [1.165, 1.54) is 5.56 Å². The fraction of sp³-hybridized carbons (Fsp3) is 0.444. The van der Waals surface area contributed by atoms with Crippen molar-refractivity contribution in [1.82, 2.24) is 4.90 Å². The van der Waals surface area contributed by atoms with Crippen molar-refractivity contribution in [1.29, 1.82) is 0 Å². The van der Waals surface area contributed by atoms with E-state index in [-0.39, 0.29) is 5.78 Å². The van der Waals surface area contributed by atoms with Gasteiger partial charge in [-0.25, -0.2) is 0 Å². The van der Waals surface area contributed by atoms with E-state index in [1.54, 1.807) is 13.2 Å². The van der Waals surface area contributed by atoms with Crippen LogP contribution in [0.4, 0.5) is 0 Å². The summed E-state index contributed by atoms with van der Waals surface area (Å²) in [6, 6.07) is 12.3. The molecule has 0 amide bonds. The van der Waals surface area contributed by atoms with Gasteiger partial charge in [-0.3, -0.25) is 9.69 Å². The van der Waals surface area contributed by atoms with Gasteiger partial charge in [-0.15, -0.1) is 0 Å². The number of morpholine rings is 1. The number of aryl methyl sites for hydroxylation is 1. The van der Waals surface area contributed by atoms with Crippen molar-refractivity contribution in [2.75, 3.05) is 46.1 Å². The lowest BCUT2D eigenvalue weighted by Crippen LogP contribution is -2.38. The maximum absolute atomic E-state index is 12.6. The van der Waals surface area contributed by atoms with Crippen molar-refractivity contribution >= 4 is 16.8 Å². The molecule has 6 nitrogen and oxygen atoms in total. The van der Waals surface area contributed by atoms with Gasteiger partial charge in [0.05, 0.1) is 31.6 Å². The molecule has 1 aromatic heterocycles. The predicted octanol–water partition coefficient (Wildman–Crippen LogP) is 5.23. The fourth-order valence-electron chi connectivity index (χ4n) is 4.38. The van der Waals surface area contributed by atoms with Gasteiger partial charge in [-0.05, 0) is 43.4 Å². The minimum atomic E-state index is -0.0422. The Bertz CT molecular complexity index is 1070. The lowest BCUT2D eigenvalue weighted by atomic mass is 9.98. The molecular formula is C27H33NO5. The number of carbonyl (C=O) groups excluding carboxylic acids is 1. The molecule has 1 aliphatic rings. The summed E-state index contributed by atoms with van der Waals surface area (Å²) in [7, 11) is 0. The number of Topliss-reactive ketones (excluding diaryl/α,β-unsaturated/α-hetero) is 1. The normalized spacial score (nSPS) is 15.5. The lowest BCUT2D eigenvalue weighted by molar-refractivity contribution is 0.0320. The Balaban J connectivity index is 1.56. The van der Waals surface area contributed by atoms with Crippen molar-refractivity contribution in [2.45, 2.75) is 33.1 Å². The number of rotatable bonds is 10. The Morgan fingerprint density at radius 1 is 1.06 bits per heavy atom. The van der Waals surface area contributed by atoms with Crippen LogP contribution in [0.1, 0.15) is 47.7 Å². The number of hydrogen-bond donors (Lipinski definition) is 0. The lowest BCUT2D eigenvalue weighted by Gasteiger charge is -2.27. The molecule has 3 aromatic rings. The van der Waals surface area contributed by atoms with E-state index >= 15 is 0 Å². The van der Waals surface area contributed by atoms with Crippen LogP contribution in [0.5, 0.6) is 11.5 Å². The zero-order chi connectivity index (χ0) is 23.2. The Kier molecular flexibility index (Phi) is 7.68. The maximum Gasteiger partial charge on any atom is 0.205 e. The smallest absolute Gasteiger partial charge is 0.205 e. The van der Waals surface area contributed by atoms with E-state index in [0.29, 0.717) is 41.8 Å². The molecule has 1 saturated heterocycles. The van der Waals surface area contributed by atoms with E-state index in [4.69, 9.17) is 18.6 Å². The van der Waals surface area contributed by atoms with Gasteiger partial charge < -0.3 is 18.6 Å². The molecule has 176 valence electrons. The number of fused-ring (bicyclic) bond motifs is 1. The number of carbonyl (C=O) groups is 1. The van der Waals surface area contributed by atoms with E-state index in [9.17, 15) is 4.79 Å². The Labute approximate surface area is 195 Å². The molecule has 0 N–H and O–H groups in total. The molecule has 1 atom stereocenters. The van der Waals surface area contributed by atoms with E-state index in [1.807, 2.05) is 19.1 Å². The van der Waals surface area contributed by atoms with Crippen LogP contribution in [0.3, 0.4) is 0 Å². The van der Waals surface area contributed by atoms with Crippen molar-refractivity contribution in [3.8, 4) is 11.5 Å². The summed E-state index contributed by atoms with van der Waals surface area (Å²) in [6.07, 6.45) is 2.47. The molecule has 1 fully saturated rings. The third-order valence-corrected chi connectivity index (χ3v) is 6.36. The van der Waals surface area contributed by atoms with Crippen LogP contribution in [0, 0.1) is 6.92 Å². The number of furan rings is 1. The molecule has 33 heavy (non-hydrogen) atoms. The van der Waals surface area contributed by atoms with Crippen molar-refractivity contribution in [2.24, 2.45) is 0 Å². The second-order valence-electron chi connectivity index (χ2n) is 8.63. The van der Waals surface area contributed by atoms with Crippen LogP contribution in [0.2, 0.25) is 0 Å². The van der Waals surface area contributed by atoms with Gasteiger partial charge in [-0.2, -0.15) is 0 Å². The van der Waals surface area contributed by atoms with Crippen LogP contribution < -0.4 is 9.47 Å². The highest BCUT2D eigenvalue weighted by molar-refractivity contribution is 6.05. The highest BCUT2D eigenvalue weighted by Gasteiger charge is 2.25. The first kappa shape index (κ1) is 23.3. The average Bonchev–Trinajstić information content (AvgIpc) is 3.32. The maximum atomic E-state index is 12.6. The van der Waals surface area contributed by atoms with E-state index in [0.717, 1.165) is 50.2 Å². The van der Waals surface area contributed by atoms with Crippen LogP contribution in [-0.2, 0) is 4.74 Å². The SMILES string of the molecule is CC(=O)c1c(OCCN2CCOCC2)c(OCCC(C)c2ccccc2)c2occc2c1C. The Morgan fingerprint density at radius 2 is 1.79 bits per heavy atom. The van der Waals surface area contributed by atoms with Crippen LogP contribution >= 0.6 is 0 Å². The second-order valence-corrected chi connectivity index (χ2v) is 8.63. The molecular weight excluding hydrogens is 418 g/mol. The first-order chi connectivity index (χ1) is 16.1. The van der Waals surface area contributed by atoms with Crippen molar-refractivity contribution in [3.05, 3.63) is 59.4 Å². The van der Waals surface area contributed by atoms with E-state index < -0.39 is 0 Å². The van der Waals surface area contributed by atoms with Crippen LogP contribution in [0.25, 0.3) is 11.0 Å². The summed E-state index contributed by atoms with van der Waals surface area (Å²) in [5, 5.41) is 0.881.